The molecule has 0 saturated heterocycles. The van der Waals surface area contributed by atoms with Crippen LogP contribution in [0.1, 0.15) is 54.9 Å². The van der Waals surface area contributed by atoms with Crippen molar-refractivity contribution in [2.24, 2.45) is 17.3 Å². The number of aliphatic carboxylic acids is 1. The Kier molecular flexibility index (Phi) is 10.5. The van der Waals surface area contributed by atoms with Gasteiger partial charge in [-0.25, -0.2) is 0 Å². The van der Waals surface area contributed by atoms with Crippen LogP contribution in [0.15, 0.2) is 0 Å². The first-order chi connectivity index (χ1) is 11.6. The Bertz CT molecular complexity index is 412. The largest absolute Gasteiger partial charge is 0.521 e. The van der Waals surface area contributed by atoms with Crippen molar-refractivity contribution in [3.63, 3.8) is 0 Å². The van der Waals surface area contributed by atoms with Gasteiger partial charge in [-0.15, -0.1) is 0 Å². The van der Waals surface area contributed by atoms with Crippen molar-refractivity contribution in [3.05, 3.63) is 0 Å². The second-order valence-electron chi connectivity index (χ2n) is 6.65. The van der Waals surface area contributed by atoms with E-state index in [2.05, 4.69) is 5.32 Å². The topological polar surface area (TPSA) is 94.1 Å². The molecule has 0 bridgehead atoms. The number of nitrogens with one attached hydrogen (secondary N) is 1. The summed E-state index contributed by atoms with van der Waals surface area (Å²) in [7, 11) is -3.00. The van der Waals surface area contributed by atoms with Gasteiger partial charge < -0.3 is 23.7 Å². The first-order valence-electron chi connectivity index (χ1n) is 9.03. The van der Waals surface area contributed by atoms with Crippen LogP contribution in [0.2, 0.25) is 0 Å². The van der Waals surface area contributed by atoms with E-state index in [4.69, 9.17) is 13.3 Å². The molecule has 8 heteroatoms. The number of hydrogen-bond acceptors (Lipinski definition) is 5. The molecule has 7 nitrogen and oxygen atoms in total. The minimum atomic E-state index is -3.00. The summed E-state index contributed by atoms with van der Waals surface area (Å²) in [6.45, 7) is 14.1. The van der Waals surface area contributed by atoms with Crippen molar-refractivity contribution in [2.45, 2.75) is 54.9 Å². The van der Waals surface area contributed by atoms with E-state index in [1.807, 2.05) is 41.5 Å². The van der Waals surface area contributed by atoms with E-state index in [0.29, 0.717) is 26.2 Å². The number of rotatable bonds is 13. The molecule has 0 aromatic carbocycles. The molecule has 2 N–H and O–H groups in total. The van der Waals surface area contributed by atoms with Crippen LogP contribution in [0, 0.1) is 17.3 Å². The van der Waals surface area contributed by atoms with Gasteiger partial charge in [0, 0.05) is 25.7 Å². The van der Waals surface area contributed by atoms with Gasteiger partial charge in [-0.2, -0.15) is 0 Å². The monoisotopic (exact) mass is 377 g/mol. The van der Waals surface area contributed by atoms with Gasteiger partial charge in [0.25, 0.3) is 0 Å². The number of carboxylic acid groups (broad SMARTS) is 1. The molecule has 2 atom stereocenters. The van der Waals surface area contributed by atoms with E-state index in [0.717, 1.165) is 0 Å². The lowest BCUT2D eigenvalue weighted by molar-refractivity contribution is -0.152. The Morgan fingerprint density at radius 3 is 1.80 bits per heavy atom. The molecule has 0 aliphatic heterocycles. The summed E-state index contributed by atoms with van der Waals surface area (Å²) in [5, 5.41) is 12.4. The van der Waals surface area contributed by atoms with E-state index < -0.39 is 32.0 Å². The van der Waals surface area contributed by atoms with Crippen molar-refractivity contribution in [3.8, 4) is 0 Å². The molecule has 1 amide bonds. The predicted octanol–water partition coefficient (Wildman–Crippen LogP) is 2.46. The predicted molar refractivity (Wildman–Crippen MR) is 98.0 cm³/mol. The zero-order valence-corrected chi connectivity index (χ0v) is 17.7. The van der Waals surface area contributed by atoms with Crippen LogP contribution >= 0.6 is 0 Å². The maximum atomic E-state index is 12.6. The normalized spacial score (nSPS) is 14.8. The average Bonchev–Trinajstić information content (AvgIpc) is 2.52. The van der Waals surface area contributed by atoms with Crippen molar-refractivity contribution in [1.29, 1.82) is 0 Å². The van der Waals surface area contributed by atoms with Gasteiger partial charge in [0.2, 0.25) is 5.91 Å². The highest BCUT2D eigenvalue weighted by atomic mass is 28.4. The van der Waals surface area contributed by atoms with Crippen molar-refractivity contribution >= 4 is 20.7 Å². The lowest BCUT2D eigenvalue weighted by Gasteiger charge is -2.34. The number of carboxylic acids is 1. The van der Waals surface area contributed by atoms with Gasteiger partial charge in [-0.05, 0) is 26.2 Å². The maximum absolute atomic E-state index is 12.6. The molecule has 0 aromatic heterocycles. The van der Waals surface area contributed by atoms with Crippen LogP contribution in [0.4, 0.5) is 0 Å². The van der Waals surface area contributed by atoms with Crippen LogP contribution in [-0.4, -0.2) is 51.8 Å². The number of amides is 1. The van der Waals surface area contributed by atoms with Gasteiger partial charge in [0.1, 0.15) is 0 Å². The fraction of sp³-hybridized carbons (Fsp3) is 0.882. The van der Waals surface area contributed by atoms with E-state index in [9.17, 15) is 14.7 Å². The second-order valence-corrected chi connectivity index (χ2v) is 9.23. The first-order valence-corrected chi connectivity index (χ1v) is 11.0. The Labute approximate surface area is 152 Å². The highest BCUT2D eigenvalue weighted by Crippen LogP contribution is 2.36. The van der Waals surface area contributed by atoms with Crippen molar-refractivity contribution < 1.29 is 28.0 Å². The average molecular weight is 378 g/mol. The van der Waals surface area contributed by atoms with Crippen molar-refractivity contribution in [2.75, 3.05) is 26.0 Å². The molecule has 0 saturated carbocycles. The molecule has 0 radical (unpaired) electrons. The second kappa shape index (κ2) is 10.9. The molecule has 0 fully saturated rings. The first kappa shape index (κ1) is 24.0. The standard InChI is InChI=1S/C17H35NO6Si/c1-8-17(6,7)14(16(20)21)13(5)15(19)18-12-25(22-9-2,23-10-3)24-11-4/h13-14H,8-12H2,1-7H3,(H,18,19)(H,20,21). The lowest BCUT2D eigenvalue weighted by Crippen LogP contribution is -2.56. The fourth-order valence-corrected chi connectivity index (χ4v) is 5.16. The summed E-state index contributed by atoms with van der Waals surface area (Å²) in [4.78, 5) is 24.3. The Morgan fingerprint density at radius 1 is 1.04 bits per heavy atom. The lowest BCUT2D eigenvalue weighted by atomic mass is 9.70. The fourth-order valence-electron chi connectivity index (χ4n) is 2.89. The summed E-state index contributed by atoms with van der Waals surface area (Å²) < 4.78 is 17.1. The van der Waals surface area contributed by atoms with Gasteiger partial charge in [-0.1, -0.05) is 34.1 Å². The molecule has 0 heterocycles. The highest BCUT2D eigenvalue weighted by molar-refractivity contribution is 6.61. The van der Waals surface area contributed by atoms with Crippen LogP contribution in [0.3, 0.4) is 0 Å². The third-order valence-electron chi connectivity index (χ3n) is 4.50. The Balaban J connectivity index is 5.17. The summed E-state index contributed by atoms with van der Waals surface area (Å²) in [6.07, 6.45) is 0.793. The smallest absolute Gasteiger partial charge is 0.481 e. The minimum absolute atomic E-state index is 0.130. The Hall–Kier alpha value is -0.963. The van der Waals surface area contributed by atoms with Gasteiger partial charge in [0.15, 0.2) is 0 Å². The molecular formula is C17H35NO6Si. The van der Waals surface area contributed by atoms with E-state index >= 15 is 0 Å². The van der Waals surface area contributed by atoms with Gasteiger partial charge in [0.05, 0.1) is 12.1 Å². The summed E-state index contributed by atoms with van der Waals surface area (Å²) >= 11 is 0. The number of carbonyl (C=O) groups excluding carboxylic acids is 1. The Morgan fingerprint density at radius 2 is 1.48 bits per heavy atom. The van der Waals surface area contributed by atoms with Crippen LogP contribution in [0.25, 0.3) is 0 Å². The summed E-state index contributed by atoms with van der Waals surface area (Å²) in [5.41, 5.74) is -0.489. The molecule has 25 heavy (non-hydrogen) atoms. The third-order valence-corrected chi connectivity index (χ3v) is 7.30. The SMILES string of the molecule is CCO[Si](CNC(=O)C(C)C(C(=O)O)C(C)(C)CC)(OCC)OCC. The summed E-state index contributed by atoms with van der Waals surface area (Å²) in [6, 6.07) is 0. The van der Waals surface area contributed by atoms with Gasteiger partial charge >= 0.3 is 14.8 Å². The summed E-state index contributed by atoms with van der Waals surface area (Å²) in [5.74, 6) is -2.74. The molecule has 0 aromatic rings. The van der Waals surface area contributed by atoms with Crippen LogP contribution < -0.4 is 5.32 Å². The van der Waals surface area contributed by atoms with E-state index in [-0.39, 0.29) is 12.1 Å². The molecule has 0 aliphatic carbocycles. The molecule has 148 valence electrons. The van der Waals surface area contributed by atoms with Crippen molar-refractivity contribution in [1.82, 2.24) is 5.32 Å². The number of hydrogen-bond donors (Lipinski definition) is 2. The highest BCUT2D eigenvalue weighted by Gasteiger charge is 2.44. The van der Waals surface area contributed by atoms with E-state index in [1.54, 1.807) is 6.92 Å². The minimum Gasteiger partial charge on any atom is -0.481 e. The third kappa shape index (κ3) is 7.05. The van der Waals surface area contributed by atoms with Crippen LogP contribution in [-0.2, 0) is 22.9 Å². The van der Waals surface area contributed by atoms with E-state index in [1.165, 1.54) is 0 Å². The van der Waals surface area contributed by atoms with Crippen LogP contribution in [0.5, 0.6) is 0 Å². The zero-order valence-electron chi connectivity index (χ0n) is 16.7. The molecule has 2 unspecified atom stereocenters. The number of carbonyl (C=O) groups is 2. The molecular weight excluding hydrogens is 342 g/mol. The molecule has 0 spiro atoms. The zero-order chi connectivity index (χ0) is 19.7. The molecule has 0 aliphatic rings. The molecule has 0 rings (SSSR count). The van der Waals surface area contributed by atoms with Gasteiger partial charge in [-0.3, -0.25) is 9.59 Å². The maximum Gasteiger partial charge on any atom is 0.521 e. The quantitative estimate of drug-likeness (QED) is 0.479.